The number of hydrogen-bond acceptors (Lipinski definition) is 5. The van der Waals surface area contributed by atoms with Gasteiger partial charge in [0.1, 0.15) is 6.33 Å². The van der Waals surface area contributed by atoms with Gasteiger partial charge in [0.15, 0.2) is 0 Å². The van der Waals surface area contributed by atoms with E-state index < -0.39 is 10.8 Å². The lowest BCUT2D eigenvalue weighted by molar-refractivity contribution is -0.384. The van der Waals surface area contributed by atoms with E-state index in [1.807, 2.05) is 0 Å². The van der Waals surface area contributed by atoms with Crippen LogP contribution in [0.25, 0.3) is 0 Å². The molecule has 0 aliphatic carbocycles. The van der Waals surface area contributed by atoms with E-state index in [0.717, 1.165) is 0 Å². The van der Waals surface area contributed by atoms with Crippen molar-refractivity contribution in [3.8, 4) is 0 Å². The van der Waals surface area contributed by atoms with Gasteiger partial charge >= 0.3 is 0 Å². The maximum atomic E-state index is 11.7. The lowest BCUT2D eigenvalue weighted by atomic mass is 10.1. The Hall–Kier alpha value is -2.77. The third kappa shape index (κ3) is 2.92. The minimum Gasteiger partial charge on any atom is -0.343 e. The Labute approximate surface area is 108 Å². The first kappa shape index (κ1) is 12.7. The number of non-ortho nitro benzene ring substituents is 1. The Bertz CT molecular complexity index is 596. The summed E-state index contributed by atoms with van der Waals surface area (Å²) in [7, 11) is 0. The molecule has 2 N–H and O–H groups in total. The number of nitro groups is 1. The van der Waals surface area contributed by atoms with Crippen molar-refractivity contribution in [2.75, 3.05) is 0 Å². The van der Waals surface area contributed by atoms with Crippen LogP contribution in [0.2, 0.25) is 0 Å². The van der Waals surface area contributed by atoms with Crippen molar-refractivity contribution in [2.45, 2.75) is 13.0 Å². The van der Waals surface area contributed by atoms with Gasteiger partial charge in [0.25, 0.3) is 11.6 Å². The fourth-order valence-corrected chi connectivity index (χ4v) is 1.57. The quantitative estimate of drug-likeness (QED) is 0.634. The Balaban J connectivity index is 2.11. The standard InChI is InChI=1S/C11H11N5O3/c1-7(14-11(17)10-12-6-13-15-10)8-3-2-4-9(5-8)16(18)19/h2-7H,1H3,(H,14,17)(H,12,13,15). The average Bonchev–Trinajstić information content (AvgIpc) is 2.92. The van der Waals surface area contributed by atoms with Gasteiger partial charge in [0, 0.05) is 12.1 Å². The van der Waals surface area contributed by atoms with Crippen molar-refractivity contribution >= 4 is 11.6 Å². The van der Waals surface area contributed by atoms with E-state index in [1.165, 1.54) is 18.5 Å². The van der Waals surface area contributed by atoms with Gasteiger partial charge in [-0.3, -0.25) is 20.0 Å². The molecule has 0 radical (unpaired) electrons. The van der Waals surface area contributed by atoms with Gasteiger partial charge in [-0.2, -0.15) is 5.10 Å². The molecule has 0 aliphatic heterocycles. The third-order valence-corrected chi connectivity index (χ3v) is 2.56. The van der Waals surface area contributed by atoms with Crippen LogP contribution in [0.5, 0.6) is 0 Å². The van der Waals surface area contributed by atoms with Crippen molar-refractivity contribution < 1.29 is 9.72 Å². The number of H-pyrrole nitrogens is 1. The molecule has 0 aliphatic rings. The lowest BCUT2D eigenvalue weighted by Crippen LogP contribution is -2.27. The topological polar surface area (TPSA) is 114 Å². The third-order valence-electron chi connectivity index (χ3n) is 2.56. The number of benzene rings is 1. The number of carbonyl (C=O) groups is 1. The summed E-state index contributed by atoms with van der Waals surface area (Å²) in [4.78, 5) is 25.7. The van der Waals surface area contributed by atoms with E-state index in [2.05, 4.69) is 20.5 Å². The van der Waals surface area contributed by atoms with Crippen LogP contribution < -0.4 is 5.32 Å². The van der Waals surface area contributed by atoms with Gasteiger partial charge in [0.2, 0.25) is 5.82 Å². The summed E-state index contributed by atoms with van der Waals surface area (Å²) in [5, 5.41) is 19.4. The molecule has 1 atom stereocenters. The number of hydrogen-bond donors (Lipinski definition) is 2. The van der Waals surface area contributed by atoms with Crippen LogP contribution in [0, 0.1) is 10.1 Å². The SMILES string of the molecule is CC(NC(=O)c1ncn[nH]1)c1cccc([N+](=O)[O-])c1. The van der Waals surface area contributed by atoms with Crippen LogP contribution in [0.3, 0.4) is 0 Å². The summed E-state index contributed by atoms with van der Waals surface area (Å²) in [6, 6.07) is 5.72. The van der Waals surface area contributed by atoms with Crippen molar-refractivity contribution in [1.82, 2.24) is 20.5 Å². The van der Waals surface area contributed by atoms with Gasteiger partial charge in [-0.15, -0.1) is 0 Å². The van der Waals surface area contributed by atoms with E-state index >= 15 is 0 Å². The van der Waals surface area contributed by atoms with Crippen LogP contribution in [-0.2, 0) is 0 Å². The molecule has 1 amide bonds. The first-order chi connectivity index (χ1) is 9.08. The second-order valence-corrected chi connectivity index (χ2v) is 3.88. The Morgan fingerprint density at radius 1 is 1.53 bits per heavy atom. The molecule has 1 heterocycles. The maximum absolute atomic E-state index is 11.7. The molecular weight excluding hydrogens is 250 g/mol. The molecule has 0 bridgehead atoms. The molecule has 0 saturated carbocycles. The molecule has 98 valence electrons. The van der Waals surface area contributed by atoms with Crippen LogP contribution >= 0.6 is 0 Å². The molecule has 1 aromatic carbocycles. The fourth-order valence-electron chi connectivity index (χ4n) is 1.57. The van der Waals surface area contributed by atoms with Crippen LogP contribution in [0.4, 0.5) is 5.69 Å². The highest BCUT2D eigenvalue weighted by Gasteiger charge is 2.15. The van der Waals surface area contributed by atoms with Crippen molar-refractivity contribution in [2.24, 2.45) is 0 Å². The summed E-state index contributed by atoms with van der Waals surface area (Å²) in [5.41, 5.74) is 0.625. The zero-order valence-corrected chi connectivity index (χ0v) is 10.0. The summed E-state index contributed by atoms with van der Waals surface area (Å²) >= 11 is 0. The van der Waals surface area contributed by atoms with E-state index in [1.54, 1.807) is 19.1 Å². The van der Waals surface area contributed by atoms with Gasteiger partial charge in [0.05, 0.1) is 11.0 Å². The summed E-state index contributed by atoms with van der Waals surface area (Å²) in [5.74, 6) is -0.325. The lowest BCUT2D eigenvalue weighted by Gasteiger charge is -2.12. The number of rotatable bonds is 4. The molecule has 1 unspecified atom stereocenters. The van der Waals surface area contributed by atoms with E-state index in [0.29, 0.717) is 5.56 Å². The number of amides is 1. The largest absolute Gasteiger partial charge is 0.343 e. The molecule has 19 heavy (non-hydrogen) atoms. The first-order valence-electron chi connectivity index (χ1n) is 5.48. The van der Waals surface area contributed by atoms with Gasteiger partial charge in [-0.25, -0.2) is 4.98 Å². The summed E-state index contributed by atoms with van der Waals surface area (Å²) in [6.45, 7) is 1.73. The molecular formula is C11H11N5O3. The van der Waals surface area contributed by atoms with E-state index in [-0.39, 0.29) is 17.6 Å². The predicted octanol–water partition coefficient (Wildman–Crippen LogP) is 1.20. The highest BCUT2D eigenvalue weighted by Crippen LogP contribution is 2.18. The number of nitrogens with zero attached hydrogens (tertiary/aromatic N) is 3. The highest BCUT2D eigenvalue weighted by molar-refractivity contribution is 5.90. The van der Waals surface area contributed by atoms with E-state index in [9.17, 15) is 14.9 Å². The van der Waals surface area contributed by atoms with Crippen molar-refractivity contribution in [1.29, 1.82) is 0 Å². The van der Waals surface area contributed by atoms with Crippen molar-refractivity contribution in [3.05, 3.63) is 52.1 Å². The Morgan fingerprint density at radius 3 is 2.95 bits per heavy atom. The van der Waals surface area contributed by atoms with Crippen LogP contribution in [0.1, 0.15) is 29.1 Å². The van der Waals surface area contributed by atoms with Gasteiger partial charge in [-0.1, -0.05) is 12.1 Å². The normalized spacial score (nSPS) is 11.8. The number of nitro benzene ring substituents is 1. The number of aromatic nitrogens is 3. The minimum atomic E-state index is -0.478. The molecule has 2 rings (SSSR count). The number of nitrogens with one attached hydrogen (secondary N) is 2. The van der Waals surface area contributed by atoms with E-state index in [4.69, 9.17) is 0 Å². The number of aromatic amines is 1. The minimum absolute atomic E-state index is 0.0155. The first-order valence-corrected chi connectivity index (χ1v) is 5.48. The van der Waals surface area contributed by atoms with Gasteiger partial charge in [-0.05, 0) is 12.5 Å². The molecule has 2 aromatic rings. The molecule has 8 nitrogen and oxygen atoms in total. The predicted molar refractivity (Wildman–Crippen MR) is 65.4 cm³/mol. The van der Waals surface area contributed by atoms with Gasteiger partial charge < -0.3 is 5.32 Å². The summed E-state index contributed by atoms with van der Waals surface area (Å²) < 4.78 is 0. The molecule has 0 fully saturated rings. The monoisotopic (exact) mass is 261 g/mol. The zero-order chi connectivity index (χ0) is 13.8. The molecule has 1 aromatic heterocycles. The zero-order valence-electron chi connectivity index (χ0n) is 10.0. The van der Waals surface area contributed by atoms with Crippen LogP contribution in [-0.4, -0.2) is 26.0 Å². The molecule has 0 saturated heterocycles. The molecule has 0 spiro atoms. The Kier molecular flexibility index (Phi) is 3.51. The van der Waals surface area contributed by atoms with Crippen LogP contribution in [0.15, 0.2) is 30.6 Å². The smallest absolute Gasteiger partial charge is 0.289 e. The number of carbonyl (C=O) groups excluding carboxylic acids is 1. The molecule has 8 heteroatoms. The second kappa shape index (κ2) is 5.25. The highest BCUT2D eigenvalue weighted by atomic mass is 16.6. The van der Waals surface area contributed by atoms with Crippen molar-refractivity contribution in [3.63, 3.8) is 0 Å². The maximum Gasteiger partial charge on any atom is 0.289 e. The fraction of sp³-hybridized carbons (Fsp3) is 0.182. The average molecular weight is 261 g/mol. The summed E-state index contributed by atoms with van der Waals surface area (Å²) in [6.07, 6.45) is 1.23. The second-order valence-electron chi connectivity index (χ2n) is 3.88. The Morgan fingerprint density at radius 2 is 2.32 bits per heavy atom.